The van der Waals surface area contributed by atoms with Crippen molar-refractivity contribution in [2.75, 3.05) is 19.6 Å². The van der Waals surface area contributed by atoms with Crippen LogP contribution in [-0.4, -0.2) is 35.7 Å². The van der Waals surface area contributed by atoms with Crippen LogP contribution in [0.15, 0.2) is 30.3 Å². The molecule has 1 aromatic rings. The van der Waals surface area contributed by atoms with E-state index in [9.17, 15) is 4.79 Å². The van der Waals surface area contributed by atoms with E-state index < -0.39 is 6.09 Å². The van der Waals surface area contributed by atoms with E-state index in [0.717, 1.165) is 19.5 Å². The first-order valence-corrected chi connectivity index (χ1v) is 7.03. The predicted molar refractivity (Wildman–Crippen MR) is 75.3 cm³/mol. The van der Waals surface area contributed by atoms with Gasteiger partial charge in [-0.2, -0.15) is 0 Å². The molecule has 0 spiro atoms. The van der Waals surface area contributed by atoms with E-state index >= 15 is 0 Å². The summed E-state index contributed by atoms with van der Waals surface area (Å²) >= 11 is 0. The Labute approximate surface area is 114 Å². The minimum absolute atomic E-state index is 0.327. The molecule has 1 aliphatic rings. The maximum Gasteiger partial charge on any atom is 0.404 e. The number of rotatable bonds is 5. The van der Waals surface area contributed by atoms with Gasteiger partial charge in [-0.1, -0.05) is 36.8 Å². The van der Waals surface area contributed by atoms with Crippen molar-refractivity contribution in [2.24, 2.45) is 0 Å². The van der Waals surface area contributed by atoms with Crippen LogP contribution in [0.3, 0.4) is 0 Å². The molecule has 1 aromatic carbocycles. The van der Waals surface area contributed by atoms with Gasteiger partial charge >= 0.3 is 6.09 Å². The minimum Gasteiger partial charge on any atom is -0.465 e. The average Bonchev–Trinajstić information content (AvgIpc) is 2.45. The highest BCUT2D eigenvalue weighted by Gasteiger charge is 2.21. The molecule has 104 valence electrons. The lowest BCUT2D eigenvalue weighted by molar-refractivity contribution is 0.153. The summed E-state index contributed by atoms with van der Waals surface area (Å²) in [5, 5.41) is 11.2. The highest BCUT2D eigenvalue weighted by molar-refractivity contribution is 5.64. The van der Waals surface area contributed by atoms with E-state index in [4.69, 9.17) is 5.11 Å². The van der Waals surface area contributed by atoms with Gasteiger partial charge in [0.05, 0.1) is 0 Å². The monoisotopic (exact) mass is 262 g/mol. The summed E-state index contributed by atoms with van der Waals surface area (Å²) in [6.45, 7) is 2.74. The Hall–Kier alpha value is -1.55. The number of hydrogen-bond acceptors (Lipinski definition) is 2. The van der Waals surface area contributed by atoms with Crippen LogP contribution in [0.5, 0.6) is 0 Å². The molecular weight excluding hydrogens is 240 g/mol. The summed E-state index contributed by atoms with van der Waals surface area (Å²) in [5.41, 5.74) is 1.29. The summed E-state index contributed by atoms with van der Waals surface area (Å²) in [7, 11) is 0. The van der Waals surface area contributed by atoms with Gasteiger partial charge in [-0.15, -0.1) is 0 Å². The second-order valence-electron chi connectivity index (χ2n) is 5.04. The molecule has 0 bridgehead atoms. The third-order valence-corrected chi connectivity index (χ3v) is 3.71. The Kier molecular flexibility index (Phi) is 5.21. The molecule has 1 amide bonds. The molecule has 0 aliphatic carbocycles. The van der Waals surface area contributed by atoms with Crippen LogP contribution in [0.2, 0.25) is 0 Å². The van der Waals surface area contributed by atoms with Crippen LogP contribution < -0.4 is 5.32 Å². The third kappa shape index (κ3) is 4.24. The van der Waals surface area contributed by atoms with E-state index in [1.807, 2.05) is 6.07 Å². The number of nitrogens with one attached hydrogen (secondary N) is 1. The van der Waals surface area contributed by atoms with Crippen LogP contribution in [0.25, 0.3) is 0 Å². The smallest absolute Gasteiger partial charge is 0.404 e. The molecule has 2 rings (SSSR count). The highest BCUT2D eigenvalue weighted by atomic mass is 16.4. The van der Waals surface area contributed by atoms with Gasteiger partial charge < -0.3 is 10.4 Å². The van der Waals surface area contributed by atoms with Crippen molar-refractivity contribution in [2.45, 2.75) is 31.7 Å². The summed E-state index contributed by atoms with van der Waals surface area (Å²) in [4.78, 5) is 13.1. The van der Waals surface area contributed by atoms with Crippen LogP contribution in [0.1, 0.15) is 37.3 Å². The van der Waals surface area contributed by atoms with E-state index in [0.29, 0.717) is 12.6 Å². The Morgan fingerprint density at radius 3 is 2.53 bits per heavy atom. The highest BCUT2D eigenvalue weighted by Crippen LogP contribution is 2.27. The number of benzene rings is 1. The molecule has 4 nitrogen and oxygen atoms in total. The standard InChI is InChI=1S/C15H22N2O2/c18-15(19)16-10-9-14(13-7-3-1-4-8-13)17-11-5-2-6-12-17/h1,3-4,7-8,14,16H,2,5-6,9-12H2,(H,18,19). The van der Waals surface area contributed by atoms with E-state index in [1.165, 1.54) is 24.8 Å². The van der Waals surface area contributed by atoms with Crippen molar-refractivity contribution >= 4 is 6.09 Å². The van der Waals surface area contributed by atoms with Gasteiger partial charge in [-0.3, -0.25) is 4.90 Å². The second-order valence-corrected chi connectivity index (χ2v) is 5.04. The van der Waals surface area contributed by atoms with Crippen molar-refractivity contribution in [3.05, 3.63) is 35.9 Å². The lowest BCUT2D eigenvalue weighted by Crippen LogP contribution is -2.36. The van der Waals surface area contributed by atoms with Crippen LogP contribution in [0.4, 0.5) is 4.79 Å². The van der Waals surface area contributed by atoms with E-state index in [1.54, 1.807) is 0 Å². The van der Waals surface area contributed by atoms with Crippen molar-refractivity contribution in [1.29, 1.82) is 0 Å². The maximum absolute atomic E-state index is 10.6. The molecule has 1 aliphatic heterocycles. The zero-order chi connectivity index (χ0) is 13.5. The molecule has 19 heavy (non-hydrogen) atoms. The van der Waals surface area contributed by atoms with Gasteiger partial charge in [0.2, 0.25) is 0 Å². The molecule has 1 heterocycles. The first-order chi connectivity index (χ1) is 9.27. The molecule has 2 N–H and O–H groups in total. The Morgan fingerprint density at radius 1 is 1.21 bits per heavy atom. The Morgan fingerprint density at radius 2 is 1.89 bits per heavy atom. The maximum atomic E-state index is 10.6. The second kappa shape index (κ2) is 7.14. The van der Waals surface area contributed by atoms with Crippen molar-refractivity contribution in [1.82, 2.24) is 10.2 Å². The lowest BCUT2D eigenvalue weighted by atomic mass is 9.99. The zero-order valence-electron chi connectivity index (χ0n) is 11.2. The quantitative estimate of drug-likeness (QED) is 0.858. The molecule has 1 atom stereocenters. The zero-order valence-corrected chi connectivity index (χ0v) is 11.2. The fourth-order valence-electron chi connectivity index (χ4n) is 2.78. The topological polar surface area (TPSA) is 52.6 Å². The molecule has 1 saturated heterocycles. The van der Waals surface area contributed by atoms with Gasteiger partial charge in [0.15, 0.2) is 0 Å². The van der Waals surface area contributed by atoms with Gasteiger partial charge in [-0.05, 0) is 37.9 Å². The molecule has 0 aromatic heterocycles. The normalized spacial score (nSPS) is 17.9. The molecule has 4 heteroatoms. The first kappa shape index (κ1) is 13.9. The molecule has 0 radical (unpaired) electrons. The summed E-state index contributed by atoms with van der Waals surface area (Å²) in [6.07, 6.45) is 3.69. The number of piperidine rings is 1. The van der Waals surface area contributed by atoms with Crippen molar-refractivity contribution in [3.63, 3.8) is 0 Å². The molecular formula is C15H22N2O2. The predicted octanol–water partition coefficient (Wildman–Crippen LogP) is 2.87. The summed E-state index contributed by atoms with van der Waals surface area (Å²) < 4.78 is 0. The van der Waals surface area contributed by atoms with Gasteiger partial charge in [-0.25, -0.2) is 4.79 Å². The van der Waals surface area contributed by atoms with Gasteiger partial charge in [0.1, 0.15) is 0 Å². The number of nitrogens with zero attached hydrogens (tertiary/aromatic N) is 1. The largest absolute Gasteiger partial charge is 0.465 e. The first-order valence-electron chi connectivity index (χ1n) is 7.03. The molecule has 1 fully saturated rings. The van der Waals surface area contributed by atoms with Gasteiger partial charge in [0.25, 0.3) is 0 Å². The van der Waals surface area contributed by atoms with Gasteiger partial charge in [0, 0.05) is 12.6 Å². The van der Waals surface area contributed by atoms with Crippen LogP contribution in [-0.2, 0) is 0 Å². The van der Waals surface area contributed by atoms with Crippen molar-refractivity contribution < 1.29 is 9.90 Å². The molecule has 1 unspecified atom stereocenters. The third-order valence-electron chi connectivity index (χ3n) is 3.71. The summed E-state index contributed by atoms with van der Waals surface area (Å²) in [5.74, 6) is 0. The number of carboxylic acid groups (broad SMARTS) is 1. The number of amides is 1. The Bertz CT molecular complexity index is 388. The Balaban J connectivity index is 2.01. The molecule has 0 saturated carbocycles. The number of hydrogen-bond donors (Lipinski definition) is 2. The minimum atomic E-state index is -0.939. The average molecular weight is 262 g/mol. The number of carbonyl (C=O) groups is 1. The van der Waals surface area contributed by atoms with E-state index in [-0.39, 0.29) is 0 Å². The number of likely N-dealkylation sites (tertiary alicyclic amines) is 1. The fraction of sp³-hybridized carbons (Fsp3) is 0.533. The lowest BCUT2D eigenvalue weighted by Gasteiger charge is -2.35. The van der Waals surface area contributed by atoms with Crippen LogP contribution in [0, 0.1) is 0 Å². The van der Waals surface area contributed by atoms with E-state index in [2.05, 4.69) is 34.5 Å². The van der Waals surface area contributed by atoms with Crippen molar-refractivity contribution in [3.8, 4) is 0 Å². The fourth-order valence-corrected chi connectivity index (χ4v) is 2.78. The SMILES string of the molecule is O=C(O)NCCC(c1ccccc1)N1CCCCC1. The summed E-state index contributed by atoms with van der Waals surface area (Å²) in [6, 6.07) is 10.7. The van der Waals surface area contributed by atoms with Crippen LogP contribution >= 0.6 is 0 Å².